The quantitative estimate of drug-likeness (QED) is 0.884. The van der Waals surface area contributed by atoms with E-state index in [-0.39, 0.29) is 12.1 Å². The third-order valence-electron chi connectivity index (χ3n) is 3.97. The molecule has 0 spiro atoms. The van der Waals surface area contributed by atoms with Gasteiger partial charge in [-0.1, -0.05) is 41.7 Å². The third-order valence-corrected chi connectivity index (χ3v) is 4.72. The molecule has 1 aliphatic rings. The number of rotatable bonds is 5. The molecule has 3 rings (SSSR count). The van der Waals surface area contributed by atoms with Crippen LogP contribution in [0.5, 0.6) is 0 Å². The largest absolute Gasteiger partial charge is 0.336 e. The van der Waals surface area contributed by atoms with Crippen LogP contribution in [0.25, 0.3) is 0 Å². The molecule has 0 radical (unpaired) electrons. The van der Waals surface area contributed by atoms with E-state index in [0.717, 1.165) is 18.1 Å². The molecule has 1 atom stereocenters. The zero-order valence-electron chi connectivity index (χ0n) is 13.2. The van der Waals surface area contributed by atoms with Gasteiger partial charge in [-0.25, -0.2) is 4.79 Å². The molecule has 1 fully saturated rings. The van der Waals surface area contributed by atoms with E-state index in [9.17, 15) is 4.79 Å². The maximum absolute atomic E-state index is 12.1. The number of hydrogen-bond acceptors (Lipinski definition) is 5. The van der Waals surface area contributed by atoms with Crippen molar-refractivity contribution in [1.82, 2.24) is 20.4 Å². The van der Waals surface area contributed by atoms with Gasteiger partial charge in [-0.2, -0.15) is 0 Å². The molecule has 1 aromatic heterocycles. The molecule has 0 aliphatic carbocycles. The van der Waals surface area contributed by atoms with Gasteiger partial charge in [-0.15, -0.1) is 10.2 Å². The average molecular weight is 331 g/mol. The number of likely N-dealkylation sites (tertiary alicyclic amines) is 1. The summed E-state index contributed by atoms with van der Waals surface area (Å²) in [5.74, 6) is 0. The number of anilines is 1. The summed E-state index contributed by atoms with van der Waals surface area (Å²) in [6.07, 6.45) is 2.44. The Morgan fingerprint density at radius 2 is 2.00 bits per heavy atom. The first-order valence-electron chi connectivity index (χ1n) is 7.86. The van der Waals surface area contributed by atoms with Crippen LogP contribution in [0.4, 0.5) is 9.93 Å². The Balaban J connectivity index is 1.61. The maximum Gasteiger partial charge on any atom is 0.321 e. The molecule has 2 heterocycles. The summed E-state index contributed by atoms with van der Waals surface area (Å²) >= 11 is 1.37. The van der Waals surface area contributed by atoms with Gasteiger partial charge in [0.05, 0.1) is 6.04 Å². The van der Waals surface area contributed by atoms with E-state index in [1.807, 2.05) is 25.1 Å². The van der Waals surface area contributed by atoms with Crippen molar-refractivity contribution in [2.45, 2.75) is 25.8 Å². The summed E-state index contributed by atoms with van der Waals surface area (Å²) in [5.41, 5.74) is 1.24. The lowest BCUT2D eigenvalue weighted by Crippen LogP contribution is -2.38. The Morgan fingerprint density at radius 3 is 2.65 bits per heavy atom. The number of hydrogen-bond donors (Lipinski definition) is 2. The number of benzene rings is 1. The number of urea groups is 1. The predicted molar refractivity (Wildman–Crippen MR) is 91.7 cm³/mol. The van der Waals surface area contributed by atoms with Crippen LogP contribution in [0.15, 0.2) is 30.3 Å². The fraction of sp³-hybridized carbons (Fsp3) is 0.438. The average Bonchev–Trinajstić information content (AvgIpc) is 3.21. The van der Waals surface area contributed by atoms with Crippen molar-refractivity contribution in [1.29, 1.82) is 0 Å². The lowest BCUT2D eigenvalue weighted by molar-refractivity contribution is 0.227. The zero-order valence-corrected chi connectivity index (χ0v) is 14.0. The van der Waals surface area contributed by atoms with Crippen LogP contribution in [-0.2, 0) is 0 Å². The highest BCUT2D eigenvalue weighted by molar-refractivity contribution is 7.15. The van der Waals surface area contributed by atoms with Crippen molar-refractivity contribution in [3.63, 3.8) is 0 Å². The van der Waals surface area contributed by atoms with E-state index in [0.29, 0.717) is 11.7 Å². The van der Waals surface area contributed by atoms with Gasteiger partial charge in [0.2, 0.25) is 5.13 Å². The van der Waals surface area contributed by atoms with Crippen LogP contribution < -0.4 is 10.6 Å². The lowest BCUT2D eigenvalue weighted by atomic mass is 10.1. The molecule has 1 saturated heterocycles. The third kappa shape index (κ3) is 4.27. The Hall–Kier alpha value is -1.99. The first-order valence-corrected chi connectivity index (χ1v) is 8.68. The molecule has 0 bridgehead atoms. The number of aromatic nitrogens is 2. The normalized spacial score (nSPS) is 16.2. The summed E-state index contributed by atoms with van der Waals surface area (Å²) in [6.45, 7) is 4.60. The van der Waals surface area contributed by atoms with Crippen molar-refractivity contribution >= 4 is 22.5 Å². The monoisotopic (exact) mass is 331 g/mol. The Labute approximate surface area is 139 Å². The highest BCUT2D eigenvalue weighted by atomic mass is 32.1. The highest BCUT2D eigenvalue weighted by Crippen LogP contribution is 2.24. The molecule has 1 aliphatic heterocycles. The van der Waals surface area contributed by atoms with Gasteiger partial charge in [0.1, 0.15) is 5.01 Å². The summed E-state index contributed by atoms with van der Waals surface area (Å²) in [7, 11) is 0. The molecule has 122 valence electrons. The molecule has 2 amide bonds. The summed E-state index contributed by atoms with van der Waals surface area (Å²) in [6, 6.07) is 10.3. The molecule has 2 N–H and O–H groups in total. The molecular weight excluding hydrogens is 310 g/mol. The fourth-order valence-electron chi connectivity index (χ4n) is 2.86. The van der Waals surface area contributed by atoms with E-state index < -0.39 is 0 Å². The maximum atomic E-state index is 12.1. The highest BCUT2D eigenvalue weighted by Gasteiger charge is 2.23. The van der Waals surface area contributed by atoms with E-state index in [1.54, 1.807) is 0 Å². The molecule has 23 heavy (non-hydrogen) atoms. The van der Waals surface area contributed by atoms with Gasteiger partial charge in [-0.05, 0) is 38.4 Å². The van der Waals surface area contributed by atoms with Crippen molar-refractivity contribution in [3.05, 3.63) is 40.9 Å². The number of aryl methyl sites for hydroxylation is 1. The van der Waals surface area contributed by atoms with Gasteiger partial charge >= 0.3 is 6.03 Å². The smallest absolute Gasteiger partial charge is 0.321 e. The van der Waals surface area contributed by atoms with Crippen molar-refractivity contribution < 1.29 is 4.79 Å². The first-order chi connectivity index (χ1) is 11.2. The molecular formula is C16H21N5OS. The lowest BCUT2D eigenvalue weighted by Gasteiger charge is -2.28. The zero-order chi connectivity index (χ0) is 16.1. The number of carbonyl (C=O) groups excluding carboxylic acids is 1. The van der Waals surface area contributed by atoms with Crippen LogP contribution in [0, 0.1) is 6.92 Å². The van der Waals surface area contributed by atoms with Crippen molar-refractivity contribution in [2.75, 3.05) is 25.0 Å². The van der Waals surface area contributed by atoms with Gasteiger partial charge < -0.3 is 5.32 Å². The van der Waals surface area contributed by atoms with E-state index >= 15 is 0 Å². The van der Waals surface area contributed by atoms with Crippen molar-refractivity contribution in [2.24, 2.45) is 0 Å². The summed E-state index contributed by atoms with van der Waals surface area (Å²) < 4.78 is 0. The Morgan fingerprint density at radius 1 is 1.26 bits per heavy atom. The van der Waals surface area contributed by atoms with Gasteiger partial charge in [0.15, 0.2) is 0 Å². The van der Waals surface area contributed by atoms with Crippen LogP contribution in [-0.4, -0.2) is 40.8 Å². The van der Waals surface area contributed by atoms with Crippen LogP contribution >= 0.6 is 11.3 Å². The number of nitrogens with zero attached hydrogens (tertiary/aromatic N) is 3. The standard InChI is InChI=1S/C16H21N5OS/c1-12-19-20-16(23-12)18-15(22)17-11-14(21-9-5-6-10-21)13-7-3-2-4-8-13/h2-4,7-8,14H,5-6,9-11H2,1H3,(H2,17,18,20,22). The molecule has 7 heteroatoms. The summed E-state index contributed by atoms with van der Waals surface area (Å²) in [5, 5.41) is 14.9. The first kappa shape index (κ1) is 15.9. The number of amides is 2. The molecule has 1 aromatic carbocycles. The van der Waals surface area contributed by atoms with Crippen LogP contribution in [0.1, 0.15) is 29.5 Å². The number of nitrogens with one attached hydrogen (secondary N) is 2. The second-order valence-electron chi connectivity index (χ2n) is 5.63. The Bertz CT molecular complexity index is 639. The predicted octanol–water partition coefficient (Wildman–Crippen LogP) is 2.81. The minimum Gasteiger partial charge on any atom is -0.336 e. The topological polar surface area (TPSA) is 70.1 Å². The van der Waals surface area contributed by atoms with E-state index in [2.05, 4.69) is 37.9 Å². The van der Waals surface area contributed by atoms with Crippen molar-refractivity contribution in [3.8, 4) is 0 Å². The Kier molecular flexibility index (Phi) is 5.19. The minimum absolute atomic E-state index is 0.209. The summed E-state index contributed by atoms with van der Waals surface area (Å²) in [4.78, 5) is 14.5. The second-order valence-corrected chi connectivity index (χ2v) is 6.81. The molecule has 2 aromatic rings. The van der Waals surface area contributed by atoms with E-state index in [4.69, 9.17) is 0 Å². The SMILES string of the molecule is Cc1nnc(NC(=O)NCC(c2ccccc2)N2CCCC2)s1. The second kappa shape index (κ2) is 7.52. The fourth-order valence-corrected chi connectivity index (χ4v) is 3.45. The van der Waals surface area contributed by atoms with Crippen LogP contribution in [0.3, 0.4) is 0 Å². The van der Waals surface area contributed by atoms with E-state index in [1.165, 1.54) is 29.7 Å². The van der Waals surface area contributed by atoms with Gasteiger partial charge in [0.25, 0.3) is 0 Å². The van der Waals surface area contributed by atoms with Gasteiger partial charge in [0, 0.05) is 6.54 Å². The van der Waals surface area contributed by atoms with Crippen LogP contribution in [0.2, 0.25) is 0 Å². The number of carbonyl (C=O) groups is 1. The molecule has 0 saturated carbocycles. The molecule has 1 unspecified atom stereocenters. The van der Waals surface area contributed by atoms with Gasteiger partial charge in [-0.3, -0.25) is 10.2 Å². The minimum atomic E-state index is -0.235. The molecule has 6 nitrogen and oxygen atoms in total.